The molecule has 1 aromatic carbocycles. The van der Waals surface area contributed by atoms with Crippen LogP contribution in [0.4, 0.5) is 0 Å². The van der Waals surface area contributed by atoms with Gasteiger partial charge in [0.25, 0.3) is 0 Å². The minimum atomic E-state index is 0.265. The van der Waals surface area contributed by atoms with E-state index in [1.807, 2.05) is 0 Å². The highest BCUT2D eigenvalue weighted by molar-refractivity contribution is 5.37. The average molecular weight is 246 g/mol. The van der Waals surface area contributed by atoms with E-state index in [-0.39, 0.29) is 6.04 Å². The maximum atomic E-state index is 6.44. The molecule has 2 N–H and O–H groups in total. The van der Waals surface area contributed by atoms with E-state index in [2.05, 4.69) is 50.8 Å². The van der Waals surface area contributed by atoms with E-state index < -0.39 is 0 Å². The predicted molar refractivity (Wildman–Crippen MR) is 77.7 cm³/mol. The number of benzene rings is 1. The highest BCUT2D eigenvalue weighted by Gasteiger charge is 2.33. The van der Waals surface area contributed by atoms with Gasteiger partial charge in [-0.05, 0) is 63.8 Å². The second kappa shape index (κ2) is 5.41. The van der Waals surface area contributed by atoms with E-state index in [4.69, 9.17) is 5.73 Å². The van der Waals surface area contributed by atoms with E-state index in [0.29, 0.717) is 12.1 Å². The van der Waals surface area contributed by atoms with Crippen LogP contribution in [0, 0.1) is 13.8 Å². The zero-order valence-corrected chi connectivity index (χ0v) is 12.1. The van der Waals surface area contributed by atoms with Crippen LogP contribution in [0.5, 0.6) is 0 Å². The summed E-state index contributed by atoms with van der Waals surface area (Å²) < 4.78 is 0. The molecular weight excluding hydrogens is 220 g/mol. The van der Waals surface area contributed by atoms with Crippen molar-refractivity contribution in [1.82, 2.24) is 4.90 Å². The van der Waals surface area contributed by atoms with Crippen molar-refractivity contribution in [3.8, 4) is 0 Å². The summed E-state index contributed by atoms with van der Waals surface area (Å²) in [6, 6.07) is 7.77. The molecule has 1 heterocycles. The zero-order valence-electron chi connectivity index (χ0n) is 12.1. The summed E-state index contributed by atoms with van der Waals surface area (Å²) in [5, 5.41) is 0. The molecule has 2 unspecified atom stereocenters. The summed E-state index contributed by atoms with van der Waals surface area (Å²) in [6.45, 7) is 10.1. The highest BCUT2D eigenvalue weighted by atomic mass is 15.2. The van der Waals surface area contributed by atoms with Crippen LogP contribution in [-0.2, 0) is 0 Å². The Morgan fingerprint density at radius 2 is 1.83 bits per heavy atom. The predicted octanol–water partition coefficient (Wildman–Crippen LogP) is 3.18. The standard InChI is InChI=1S/C16H26N2/c1-11(2)18-10-6-9-14(17)16(18)15-12(3)7-5-8-13(15)4/h5,7-8,11,14,16H,6,9-10,17H2,1-4H3. The lowest BCUT2D eigenvalue weighted by atomic mass is 9.85. The van der Waals surface area contributed by atoms with Crippen molar-refractivity contribution in [2.45, 2.75) is 58.7 Å². The molecule has 0 bridgehead atoms. The van der Waals surface area contributed by atoms with Gasteiger partial charge in [-0.2, -0.15) is 0 Å². The number of likely N-dealkylation sites (tertiary alicyclic amines) is 1. The van der Waals surface area contributed by atoms with Gasteiger partial charge in [0, 0.05) is 12.1 Å². The monoisotopic (exact) mass is 246 g/mol. The first-order chi connectivity index (χ1) is 8.52. The summed E-state index contributed by atoms with van der Waals surface area (Å²) in [4.78, 5) is 2.57. The molecule has 0 spiro atoms. The molecule has 1 aliphatic heterocycles. The summed E-state index contributed by atoms with van der Waals surface area (Å²) >= 11 is 0. The van der Waals surface area contributed by atoms with Crippen LogP contribution >= 0.6 is 0 Å². The van der Waals surface area contributed by atoms with Gasteiger partial charge < -0.3 is 5.73 Å². The fourth-order valence-electron chi connectivity index (χ4n) is 3.31. The van der Waals surface area contributed by atoms with Gasteiger partial charge in [-0.25, -0.2) is 0 Å². The van der Waals surface area contributed by atoms with Crippen LogP contribution in [0.15, 0.2) is 18.2 Å². The van der Waals surface area contributed by atoms with Gasteiger partial charge in [-0.1, -0.05) is 18.2 Å². The Morgan fingerprint density at radius 1 is 1.22 bits per heavy atom. The third kappa shape index (κ3) is 2.45. The van der Waals surface area contributed by atoms with Crippen LogP contribution in [-0.4, -0.2) is 23.5 Å². The van der Waals surface area contributed by atoms with Gasteiger partial charge in [0.1, 0.15) is 0 Å². The fraction of sp³-hybridized carbons (Fsp3) is 0.625. The van der Waals surface area contributed by atoms with E-state index >= 15 is 0 Å². The molecule has 100 valence electrons. The van der Waals surface area contributed by atoms with E-state index in [1.54, 1.807) is 0 Å². The molecule has 0 saturated carbocycles. The number of hydrogen-bond donors (Lipinski definition) is 1. The number of aryl methyl sites for hydroxylation is 2. The Balaban J connectivity index is 2.44. The van der Waals surface area contributed by atoms with Crippen molar-refractivity contribution in [2.75, 3.05) is 6.54 Å². The van der Waals surface area contributed by atoms with Gasteiger partial charge in [-0.15, -0.1) is 0 Å². The Hall–Kier alpha value is -0.860. The first kappa shape index (κ1) is 13.6. The largest absolute Gasteiger partial charge is 0.326 e. The smallest absolute Gasteiger partial charge is 0.0507 e. The third-order valence-electron chi connectivity index (χ3n) is 4.22. The zero-order chi connectivity index (χ0) is 13.3. The molecule has 0 radical (unpaired) electrons. The molecule has 2 atom stereocenters. The van der Waals surface area contributed by atoms with Crippen LogP contribution in [0.2, 0.25) is 0 Å². The summed E-state index contributed by atoms with van der Waals surface area (Å²) in [7, 11) is 0. The topological polar surface area (TPSA) is 29.3 Å². The lowest BCUT2D eigenvalue weighted by molar-refractivity contribution is 0.0939. The normalized spacial score (nSPS) is 25.7. The maximum Gasteiger partial charge on any atom is 0.0507 e. The van der Waals surface area contributed by atoms with Crippen molar-refractivity contribution in [3.05, 3.63) is 34.9 Å². The van der Waals surface area contributed by atoms with Crippen molar-refractivity contribution in [1.29, 1.82) is 0 Å². The lowest BCUT2D eigenvalue weighted by Gasteiger charge is -2.43. The SMILES string of the molecule is Cc1cccc(C)c1C1C(N)CCCN1C(C)C. The Bertz CT molecular complexity index is 391. The van der Waals surface area contributed by atoms with Gasteiger partial charge in [0.05, 0.1) is 6.04 Å². The van der Waals surface area contributed by atoms with Crippen molar-refractivity contribution < 1.29 is 0 Å². The van der Waals surface area contributed by atoms with Crippen LogP contribution in [0.3, 0.4) is 0 Å². The molecule has 18 heavy (non-hydrogen) atoms. The molecule has 1 aliphatic rings. The number of nitrogens with zero attached hydrogens (tertiary/aromatic N) is 1. The van der Waals surface area contributed by atoms with Gasteiger partial charge in [-0.3, -0.25) is 4.90 Å². The molecule has 1 aromatic rings. The highest BCUT2D eigenvalue weighted by Crippen LogP contribution is 2.35. The molecule has 0 aromatic heterocycles. The lowest BCUT2D eigenvalue weighted by Crippen LogP contribution is -2.49. The molecule has 2 nitrogen and oxygen atoms in total. The second-order valence-electron chi connectivity index (χ2n) is 5.89. The third-order valence-corrected chi connectivity index (χ3v) is 4.22. The van der Waals surface area contributed by atoms with Gasteiger partial charge in [0.2, 0.25) is 0 Å². The van der Waals surface area contributed by atoms with Crippen LogP contribution in [0.25, 0.3) is 0 Å². The Kier molecular flexibility index (Phi) is 4.08. The van der Waals surface area contributed by atoms with E-state index in [9.17, 15) is 0 Å². The molecule has 1 fully saturated rings. The Morgan fingerprint density at radius 3 is 2.39 bits per heavy atom. The fourth-order valence-corrected chi connectivity index (χ4v) is 3.31. The first-order valence-electron chi connectivity index (χ1n) is 7.09. The first-order valence-corrected chi connectivity index (χ1v) is 7.09. The van der Waals surface area contributed by atoms with Gasteiger partial charge >= 0.3 is 0 Å². The second-order valence-corrected chi connectivity index (χ2v) is 5.89. The number of nitrogens with two attached hydrogens (primary N) is 1. The minimum Gasteiger partial charge on any atom is -0.326 e. The van der Waals surface area contributed by atoms with Crippen LogP contribution < -0.4 is 5.73 Å². The van der Waals surface area contributed by atoms with Gasteiger partial charge in [0.15, 0.2) is 0 Å². The average Bonchev–Trinajstić information content (AvgIpc) is 2.30. The van der Waals surface area contributed by atoms with Crippen molar-refractivity contribution >= 4 is 0 Å². The number of piperidine rings is 1. The van der Waals surface area contributed by atoms with E-state index in [1.165, 1.54) is 29.7 Å². The van der Waals surface area contributed by atoms with E-state index in [0.717, 1.165) is 6.42 Å². The Labute approximate surface area is 111 Å². The minimum absolute atomic E-state index is 0.265. The number of hydrogen-bond acceptors (Lipinski definition) is 2. The summed E-state index contributed by atoms with van der Waals surface area (Å²) in [5.41, 5.74) is 10.6. The quantitative estimate of drug-likeness (QED) is 0.868. The maximum absolute atomic E-state index is 6.44. The molecule has 0 aliphatic carbocycles. The molecule has 2 rings (SSSR count). The number of rotatable bonds is 2. The van der Waals surface area contributed by atoms with Crippen LogP contribution in [0.1, 0.15) is 49.4 Å². The summed E-state index contributed by atoms with van der Waals surface area (Å²) in [5.74, 6) is 0. The molecule has 2 heteroatoms. The van der Waals surface area contributed by atoms with Crippen molar-refractivity contribution in [3.63, 3.8) is 0 Å². The van der Waals surface area contributed by atoms with Crippen molar-refractivity contribution in [2.24, 2.45) is 5.73 Å². The summed E-state index contributed by atoms with van der Waals surface area (Å²) in [6.07, 6.45) is 2.36. The molecular formula is C16H26N2. The molecule has 0 amide bonds. The molecule has 1 saturated heterocycles.